The molecule has 2 N–H and O–H groups in total. The lowest BCUT2D eigenvalue weighted by Gasteiger charge is -2.41. The number of halogens is 1. The number of methoxy groups -OCH3 is 2. The maximum Gasteiger partial charge on any atom is 0.323 e. The molecule has 0 unspecified atom stereocenters. The van der Waals surface area contributed by atoms with Gasteiger partial charge in [-0.2, -0.15) is 0 Å². The average molecular weight is 661 g/mol. The largest absolute Gasteiger partial charge is 0.497 e. The average Bonchev–Trinajstić information content (AvgIpc) is 3.06. The molecule has 0 spiro atoms. The van der Waals surface area contributed by atoms with E-state index in [2.05, 4.69) is 15.2 Å². The van der Waals surface area contributed by atoms with E-state index in [4.69, 9.17) is 9.47 Å². The van der Waals surface area contributed by atoms with E-state index in [0.29, 0.717) is 31.9 Å². The third-order valence-electron chi connectivity index (χ3n) is 7.78. The van der Waals surface area contributed by atoms with Crippen LogP contribution in [0.15, 0.2) is 48.8 Å². The van der Waals surface area contributed by atoms with Gasteiger partial charge in [-0.05, 0) is 36.4 Å². The molecule has 2 aromatic rings. The molecule has 0 saturated carbocycles. The molecule has 2 aliphatic heterocycles. The molecule has 2 atom stereocenters. The van der Waals surface area contributed by atoms with E-state index in [-0.39, 0.29) is 37.0 Å². The van der Waals surface area contributed by atoms with Crippen molar-refractivity contribution in [3.63, 3.8) is 0 Å². The normalized spacial score (nSPS) is 17.0. The minimum Gasteiger partial charge on any atom is -0.497 e. The summed E-state index contributed by atoms with van der Waals surface area (Å²) in [6.07, 6.45) is 2.45. The lowest BCUT2D eigenvalue weighted by molar-refractivity contribution is -0.159. The number of pyridine rings is 1. The van der Waals surface area contributed by atoms with Crippen LogP contribution in [0.3, 0.4) is 0 Å². The van der Waals surface area contributed by atoms with Gasteiger partial charge in [0.15, 0.2) is 0 Å². The van der Waals surface area contributed by atoms with Crippen LogP contribution in [0, 0.1) is 0 Å². The number of carbonyl (C=O) groups excluding carboxylic acids is 5. The smallest absolute Gasteiger partial charge is 0.323 e. The summed E-state index contributed by atoms with van der Waals surface area (Å²) in [5, 5.41) is 11.9. The molecule has 15 nitrogen and oxygen atoms in total. The summed E-state index contributed by atoms with van der Waals surface area (Å²) >= 11 is 0. The van der Waals surface area contributed by atoms with Crippen LogP contribution in [0.1, 0.15) is 23.2 Å². The molecule has 0 aliphatic carbocycles. The summed E-state index contributed by atoms with van der Waals surface area (Å²) in [6.45, 7) is 1.02. The summed E-state index contributed by atoms with van der Waals surface area (Å²) in [5.74, 6) is -4.03. The molecule has 4 amide bonds. The Morgan fingerprint density at radius 2 is 1.61 bits per heavy atom. The van der Waals surface area contributed by atoms with E-state index in [1.807, 2.05) is 12.1 Å². The number of rotatable bonds is 11. The van der Waals surface area contributed by atoms with Gasteiger partial charge in [0.05, 0.1) is 27.1 Å². The minimum atomic E-state index is -1.38. The zero-order valence-electron chi connectivity index (χ0n) is 25.5. The number of carboxylic acid groups (broad SMARTS) is 1. The van der Waals surface area contributed by atoms with Gasteiger partial charge < -0.3 is 39.5 Å². The molecule has 4 rings (SSSR count). The molecule has 3 heterocycles. The molecule has 1 aromatic heterocycles. The number of benzene rings is 1. The van der Waals surface area contributed by atoms with Crippen molar-refractivity contribution in [2.24, 2.45) is 0 Å². The first-order chi connectivity index (χ1) is 21.6. The number of nitrogens with zero attached hydrogens (tertiary/aromatic N) is 5. The molecule has 0 bridgehead atoms. The first-order valence-corrected chi connectivity index (χ1v) is 14.4. The van der Waals surface area contributed by atoms with Crippen molar-refractivity contribution >= 4 is 53.7 Å². The third-order valence-corrected chi connectivity index (χ3v) is 7.78. The van der Waals surface area contributed by atoms with Gasteiger partial charge in [-0.25, -0.2) is 0 Å². The number of amides is 4. The van der Waals surface area contributed by atoms with Gasteiger partial charge in [0.2, 0.25) is 17.7 Å². The van der Waals surface area contributed by atoms with E-state index >= 15 is 0 Å². The summed E-state index contributed by atoms with van der Waals surface area (Å²) in [7, 11) is 2.61. The van der Waals surface area contributed by atoms with Gasteiger partial charge in [0.1, 0.15) is 24.4 Å². The van der Waals surface area contributed by atoms with Gasteiger partial charge in [-0.15, -0.1) is 12.4 Å². The summed E-state index contributed by atoms with van der Waals surface area (Å²) in [4.78, 5) is 87.5. The molecular weight excluding hydrogens is 624 g/mol. The Hall–Kier alpha value is -4.92. The standard InChI is InChI=1S/C30H36N6O9.ClH/c1-44-22-5-3-20(4-6-22)28(41)32-23(17-25(37)34-13-11-33(12-14-34)21-7-9-31-10-8-21)29(42)36-16-15-35(19-26(38)39)30(43)24(36)18-27(40)45-2;/h3-10,23-24H,11-19H2,1-2H3,(H,32,41)(H,38,39);1H/t23-,24-;/m0./s1. The maximum atomic E-state index is 14.0. The molecule has 2 aliphatic rings. The Kier molecular flexibility index (Phi) is 12.7. The number of carbonyl (C=O) groups is 6. The van der Waals surface area contributed by atoms with Crippen molar-refractivity contribution in [2.75, 3.05) is 64.9 Å². The highest BCUT2D eigenvalue weighted by atomic mass is 35.5. The van der Waals surface area contributed by atoms with Crippen LogP contribution >= 0.6 is 12.4 Å². The van der Waals surface area contributed by atoms with E-state index in [0.717, 1.165) is 22.6 Å². The predicted molar refractivity (Wildman–Crippen MR) is 165 cm³/mol. The second-order valence-electron chi connectivity index (χ2n) is 10.5. The lowest BCUT2D eigenvalue weighted by atomic mass is 10.0. The van der Waals surface area contributed by atoms with Crippen LogP contribution in [-0.2, 0) is 28.7 Å². The van der Waals surface area contributed by atoms with Crippen molar-refractivity contribution in [1.82, 2.24) is 25.0 Å². The molecule has 46 heavy (non-hydrogen) atoms. The minimum absolute atomic E-state index is 0. The van der Waals surface area contributed by atoms with Gasteiger partial charge in [0.25, 0.3) is 5.91 Å². The molecule has 0 radical (unpaired) electrons. The van der Waals surface area contributed by atoms with Gasteiger partial charge in [0, 0.05) is 62.9 Å². The Morgan fingerprint density at radius 1 is 0.957 bits per heavy atom. The lowest BCUT2D eigenvalue weighted by Crippen LogP contribution is -2.63. The van der Waals surface area contributed by atoms with Crippen LogP contribution in [-0.4, -0.2) is 132 Å². The van der Waals surface area contributed by atoms with E-state index < -0.39 is 61.1 Å². The van der Waals surface area contributed by atoms with Gasteiger partial charge in [-0.3, -0.25) is 33.8 Å². The number of nitrogens with one attached hydrogen (secondary N) is 1. The topological polar surface area (TPSA) is 179 Å². The SMILES string of the molecule is COC(=O)C[C@H]1C(=O)N(CC(=O)O)CCN1C(=O)[C@H](CC(=O)N1CCN(c2ccncc2)CC1)NC(=O)c1ccc(OC)cc1.Cl. The zero-order valence-corrected chi connectivity index (χ0v) is 26.3. The number of hydrogen-bond acceptors (Lipinski definition) is 10. The second-order valence-corrected chi connectivity index (χ2v) is 10.5. The van der Waals surface area contributed by atoms with Crippen LogP contribution in [0.5, 0.6) is 5.75 Å². The van der Waals surface area contributed by atoms with E-state index in [1.54, 1.807) is 29.4 Å². The number of aromatic nitrogens is 1. The maximum absolute atomic E-state index is 14.0. The molecule has 2 saturated heterocycles. The number of hydrogen-bond donors (Lipinski definition) is 2. The number of esters is 1. The molecule has 248 valence electrons. The van der Waals surface area contributed by atoms with Crippen LogP contribution in [0.25, 0.3) is 0 Å². The predicted octanol–water partition coefficient (Wildman–Crippen LogP) is 0.0364. The molecule has 2 fully saturated rings. The summed E-state index contributed by atoms with van der Waals surface area (Å²) in [5.41, 5.74) is 1.18. The summed E-state index contributed by atoms with van der Waals surface area (Å²) < 4.78 is 9.86. The fourth-order valence-electron chi connectivity index (χ4n) is 5.32. The molecular formula is C30H37ClN6O9. The Morgan fingerprint density at radius 3 is 2.20 bits per heavy atom. The first kappa shape index (κ1) is 35.6. The highest BCUT2D eigenvalue weighted by Gasteiger charge is 2.42. The summed E-state index contributed by atoms with van der Waals surface area (Å²) in [6, 6.07) is 7.15. The van der Waals surface area contributed by atoms with Crippen molar-refractivity contribution in [1.29, 1.82) is 0 Å². The highest BCUT2D eigenvalue weighted by molar-refractivity contribution is 6.01. The van der Waals surface area contributed by atoms with Crippen molar-refractivity contribution in [2.45, 2.75) is 24.9 Å². The number of aliphatic carboxylic acids is 1. The van der Waals surface area contributed by atoms with Gasteiger partial charge >= 0.3 is 11.9 Å². The van der Waals surface area contributed by atoms with E-state index in [1.165, 1.54) is 19.2 Å². The fourth-order valence-corrected chi connectivity index (χ4v) is 5.32. The highest BCUT2D eigenvalue weighted by Crippen LogP contribution is 2.20. The zero-order chi connectivity index (χ0) is 32.5. The number of carboxylic acids is 1. The third kappa shape index (κ3) is 8.84. The van der Waals surface area contributed by atoms with Crippen molar-refractivity contribution in [3.05, 3.63) is 54.4 Å². The van der Waals surface area contributed by atoms with Crippen molar-refractivity contribution < 1.29 is 43.3 Å². The van der Waals surface area contributed by atoms with E-state index in [9.17, 15) is 33.9 Å². The second kappa shape index (κ2) is 16.4. The van der Waals surface area contributed by atoms with Crippen LogP contribution < -0.4 is 15.0 Å². The van der Waals surface area contributed by atoms with Gasteiger partial charge in [-0.1, -0.05) is 0 Å². The number of ether oxygens (including phenoxy) is 2. The first-order valence-electron chi connectivity index (χ1n) is 14.4. The number of piperazine rings is 2. The fraction of sp³-hybridized carbons (Fsp3) is 0.433. The monoisotopic (exact) mass is 660 g/mol. The Bertz CT molecular complexity index is 1400. The van der Waals surface area contributed by atoms with Crippen LogP contribution in [0.2, 0.25) is 0 Å². The van der Waals surface area contributed by atoms with Crippen molar-refractivity contribution in [3.8, 4) is 5.75 Å². The number of anilines is 1. The Labute approximate surface area is 271 Å². The molecule has 16 heteroatoms. The van der Waals surface area contributed by atoms with Crippen LogP contribution in [0.4, 0.5) is 5.69 Å². The quantitative estimate of drug-likeness (QED) is 0.311. The molecule has 1 aromatic carbocycles. The Balaban J connectivity index is 0.00000576.